The van der Waals surface area contributed by atoms with Gasteiger partial charge in [-0.25, -0.2) is 0 Å². The summed E-state index contributed by atoms with van der Waals surface area (Å²) in [5.74, 6) is 1.46. The van der Waals surface area contributed by atoms with Gasteiger partial charge in [-0.2, -0.15) is 0 Å². The second-order valence-corrected chi connectivity index (χ2v) is 4.28. The summed E-state index contributed by atoms with van der Waals surface area (Å²) in [7, 11) is 0. The molecule has 0 unspecified atom stereocenters. The van der Waals surface area contributed by atoms with Crippen LogP contribution in [0.15, 0.2) is 35.9 Å². The molecular weight excluding hydrogens is 156 g/mol. The lowest BCUT2D eigenvalue weighted by Crippen LogP contribution is -2.19. The van der Waals surface area contributed by atoms with Crippen molar-refractivity contribution in [3.8, 4) is 0 Å². The minimum atomic E-state index is 0.723. The first kappa shape index (κ1) is 7.37. The predicted octanol–water partition coefficient (Wildman–Crippen LogP) is 3.61. The molecule has 0 radical (unpaired) electrons. The van der Waals surface area contributed by atoms with Crippen LogP contribution in [0.2, 0.25) is 0 Å². The monoisotopic (exact) mass is 170 g/mol. The molecule has 3 aliphatic carbocycles. The minimum Gasteiger partial charge on any atom is -0.0775 e. The summed E-state index contributed by atoms with van der Waals surface area (Å²) in [6, 6.07) is 8.95. The van der Waals surface area contributed by atoms with Gasteiger partial charge in [-0.05, 0) is 30.9 Å². The van der Waals surface area contributed by atoms with Gasteiger partial charge in [0.1, 0.15) is 0 Å². The van der Waals surface area contributed by atoms with Crippen LogP contribution < -0.4 is 0 Å². The van der Waals surface area contributed by atoms with E-state index in [1.54, 1.807) is 16.7 Å². The van der Waals surface area contributed by atoms with Gasteiger partial charge in [0.2, 0.25) is 0 Å². The number of hydrogen-bond acceptors (Lipinski definition) is 0. The summed E-state index contributed by atoms with van der Waals surface area (Å²) in [4.78, 5) is 0. The average molecular weight is 170 g/mol. The zero-order valence-corrected chi connectivity index (χ0v) is 7.96. The molecule has 13 heavy (non-hydrogen) atoms. The zero-order chi connectivity index (χ0) is 8.84. The van der Waals surface area contributed by atoms with Gasteiger partial charge in [0.05, 0.1) is 0 Å². The van der Waals surface area contributed by atoms with Crippen LogP contribution in [0.3, 0.4) is 0 Å². The van der Waals surface area contributed by atoms with Crippen LogP contribution in [-0.4, -0.2) is 0 Å². The van der Waals surface area contributed by atoms with Gasteiger partial charge in [0, 0.05) is 11.8 Å². The van der Waals surface area contributed by atoms with Crippen molar-refractivity contribution in [3.63, 3.8) is 0 Å². The normalized spacial score (nSPS) is 29.8. The number of allylic oxidation sites excluding steroid dienone is 2. The van der Waals surface area contributed by atoms with Crippen LogP contribution in [0.4, 0.5) is 0 Å². The van der Waals surface area contributed by atoms with Crippen LogP contribution in [0.1, 0.15) is 42.7 Å². The quantitative estimate of drug-likeness (QED) is 0.522. The van der Waals surface area contributed by atoms with Gasteiger partial charge < -0.3 is 0 Å². The molecule has 0 fully saturated rings. The Hall–Kier alpha value is -1.04. The molecule has 66 valence electrons. The number of fused-ring (bicyclic) bond motifs is 1. The lowest BCUT2D eigenvalue weighted by atomic mass is 9.68. The largest absolute Gasteiger partial charge is 0.0775 e. The second kappa shape index (κ2) is 2.47. The Kier molecular flexibility index (Phi) is 1.40. The molecule has 0 amide bonds. The molecule has 0 nitrogen and oxygen atoms in total. The van der Waals surface area contributed by atoms with Gasteiger partial charge in [-0.15, -0.1) is 0 Å². The molecule has 0 aromatic heterocycles. The smallest absolute Gasteiger partial charge is 0.00488 e. The fraction of sp³-hybridized carbons (Fsp3) is 0.385. The fourth-order valence-corrected chi connectivity index (χ4v) is 2.90. The summed E-state index contributed by atoms with van der Waals surface area (Å²) in [6.45, 7) is 2.28. The van der Waals surface area contributed by atoms with Crippen molar-refractivity contribution in [3.05, 3.63) is 47.0 Å². The van der Waals surface area contributed by atoms with Gasteiger partial charge >= 0.3 is 0 Å². The maximum Gasteiger partial charge on any atom is 0.00488 e. The topological polar surface area (TPSA) is 0 Å². The van der Waals surface area contributed by atoms with E-state index in [4.69, 9.17) is 0 Å². The maximum atomic E-state index is 2.47. The Morgan fingerprint density at radius 1 is 1.08 bits per heavy atom. The molecule has 1 aromatic rings. The van der Waals surface area contributed by atoms with Crippen LogP contribution in [0, 0.1) is 0 Å². The highest BCUT2D eigenvalue weighted by Crippen LogP contribution is 2.48. The lowest BCUT2D eigenvalue weighted by Gasteiger charge is -2.36. The Labute approximate surface area is 79.3 Å². The molecule has 0 saturated carbocycles. The van der Waals surface area contributed by atoms with Crippen molar-refractivity contribution in [2.45, 2.75) is 31.6 Å². The molecule has 4 rings (SSSR count). The Morgan fingerprint density at radius 3 is 2.62 bits per heavy atom. The molecule has 2 bridgehead atoms. The van der Waals surface area contributed by atoms with Crippen molar-refractivity contribution < 1.29 is 0 Å². The minimum absolute atomic E-state index is 0.723. The summed E-state index contributed by atoms with van der Waals surface area (Å²) in [5, 5.41) is 0. The molecular formula is C13H14. The van der Waals surface area contributed by atoms with Gasteiger partial charge in [-0.3, -0.25) is 0 Å². The summed E-state index contributed by atoms with van der Waals surface area (Å²) in [6.07, 6.45) is 5.19. The van der Waals surface area contributed by atoms with Crippen LogP contribution >= 0.6 is 0 Å². The highest BCUT2D eigenvalue weighted by Gasteiger charge is 2.31. The third-order valence-corrected chi connectivity index (χ3v) is 3.55. The summed E-state index contributed by atoms with van der Waals surface area (Å²) >= 11 is 0. The molecule has 1 aromatic carbocycles. The Balaban J connectivity index is 2.23. The van der Waals surface area contributed by atoms with Crippen LogP contribution in [0.25, 0.3) is 0 Å². The van der Waals surface area contributed by atoms with E-state index in [1.165, 1.54) is 12.8 Å². The van der Waals surface area contributed by atoms with Crippen molar-refractivity contribution in [2.75, 3.05) is 0 Å². The van der Waals surface area contributed by atoms with E-state index in [-0.39, 0.29) is 0 Å². The lowest BCUT2D eigenvalue weighted by molar-refractivity contribution is 0.530. The van der Waals surface area contributed by atoms with Gasteiger partial charge in [0.25, 0.3) is 0 Å². The average Bonchev–Trinajstić information content (AvgIpc) is 2.19. The Morgan fingerprint density at radius 2 is 1.85 bits per heavy atom. The fourth-order valence-electron chi connectivity index (χ4n) is 2.90. The molecule has 0 saturated heterocycles. The third kappa shape index (κ3) is 0.918. The van der Waals surface area contributed by atoms with E-state index < -0.39 is 0 Å². The SMILES string of the molecule is CC1=C[C@@H]2CC[C@H]1c1ccccc12. The maximum absolute atomic E-state index is 2.47. The standard InChI is InChI=1S/C13H14/c1-9-8-10-6-7-11(9)13-5-3-2-4-12(10)13/h2-5,8,10-11H,6-7H2,1H3/t10-,11+/m0/s1. The molecule has 0 spiro atoms. The van der Waals surface area contributed by atoms with Crippen molar-refractivity contribution in [1.82, 2.24) is 0 Å². The molecule has 0 aliphatic heterocycles. The first-order chi connectivity index (χ1) is 6.36. The van der Waals surface area contributed by atoms with E-state index in [9.17, 15) is 0 Å². The van der Waals surface area contributed by atoms with Crippen molar-refractivity contribution in [1.29, 1.82) is 0 Å². The number of hydrogen-bond donors (Lipinski definition) is 0. The molecule has 3 aliphatic rings. The number of benzene rings is 1. The second-order valence-electron chi connectivity index (χ2n) is 4.28. The highest BCUT2D eigenvalue weighted by atomic mass is 14.3. The zero-order valence-electron chi connectivity index (χ0n) is 7.96. The van der Waals surface area contributed by atoms with Gasteiger partial charge in [0.15, 0.2) is 0 Å². The molecule has 0 heterocycles. The molecule has 2 atom stereocenters. The molecule has 0 heteroatoms. The number of rotatable bonds is 0. The first-order valence-electron chi connectivity index (χ1n) is 5.13. The van der Waals surface area contributed by atoms with E-state index in [0.717, 1.165) is 11.8 Å². The van der Waals surface area contributed by atoms with E-state index in [2.05, 4.69) is 37.3 Å². The Bertz CT molecular complexity index is 373. The van der Waals surface area contributed by atoms with Crippen LogP contribution in [-0.2, 0) is 0 Å². The van der Waals surface area contributed by atoms with Crippen molar-refractivity contribution >= 4 is 0 Å². The van der Waals surface area contributed by atoms with Crippen molar-refractivity contribution in [2.24, 2.45) is 0 Å². The summed E-state index contributed by atoms with van der Waals surface area (Å²) in [5.41, 5.74) is 4.78. The van der Waals surface area contributed by atoms with E-state index in [1.807, 2.05) is 0 Å². The first-order valence-corrected chi connectivity index (χ1v) is 5.13. The van der Waals surface area contributed by atoms with E-state index >= 15 is 0 Å². The van der Waals surface area contributed by atoms with Crippen LogP contribution in [0.5, 0.6) is 0 Å². The van der Waals surface area contributed by atoms with Gasteiger partial charge in [-0.1, -0.05) is 35.9 Å². The third-order valence-electron chi connectivity index (χ3n) is 3.55. The molecule has 0 N–H and O–H groups in total. The van der Waals surface area contributed by atoms with E-state index in [0.29, 0.717) is 0 Å². The summed E-state index contributed by atoms with van der Waals surface area (Å²) < 4.78 is 0. The predicted molar refractivity (Wildman–Crippen MR) is 54.9 cm³/mol. The highest BCUT2D eigenvalue weighted by molar-refractivity contribution is 5.46.